The second kappa shape index (κ2) is 9.07. The summed E-state index contributed by atoms with van der Waals surface area (Å²) in [4.78, 5) is 24.7. The van der Waals surface area contributed by atoms with Gasteiger partial charge in [0.1, 0.15) is 0 Å². The van der Waals surface area contributed by atoms with Gasteiger partial charge >= 0.3 is 0 Å². The van der Waals surface area contributed by atoms with E-state index in [9.17, 15) is 22.8 Å². The summed E-state index contributed by atoms with van der Waals surface area (Å²) in [6.45, 7) is 3.45. The van der Waals surface area contributed by atoms with Crippen molar-refractivity contribution in [1.82, 2.24) is 0 Å². The minimum atomic E-state index is -1.66. The van der Waals surface area contributed by atoms with Gasteiger partial charge in [0.05, 0.1) is 23.4 Å². The Bertz CT molecular complexity index is 899. The number of amides is 2. The van der Waals surface area contributed by atoms with E-state index in [1.807, 2.05) is 19.9 Å². The lowest BCUT2D eigenvalue weighted by atomic mass is 10.1. The maximum atomic E-state index is 13.6. The maximum Gasteiger partial charge on any atom is 0.279 e. The Kier molecular flexibility index (Phi) is 7.04. The summed E-state index contributed by atoms with van der Waals surface area (Å²) >= 11 is 6.15. The zero-order chi connectivity index (χ0) is 21.0. The van der Waals surface area contributed by atoms with Gasteiger partial charge in [-0.2, -0.15) is 0 Å². The van der Waals surface area contributed by atoms with Crippen LogP contribution < -0.4 is 15.5 Å². The minimum Gasteiger partial charge on any atom is -0.322 e. The van der Waals surface area contributed by atoms with Crippen molar-refractivity contribution >= 4 is 34.8 Å². The molecule has 2 aromatic rings. The third-order valence-corrected chi connectivity index (χ3v) is 4.23. The van der Waals surface area contributed by atoms with Gasteiger partial charge in [-0.05, 0) is 43.2 Å². The van der Waals surface area contributed by atoms with Gasteiger partial charge in [0.25, 0.3) is 11.8 Å². The molecule has 0 aliphatic rings. The first-order valence-electron chi connectivity index (χ1n) is 8.39. The van der Waals surface area contributed by atoms with Crippen LogP contribution in [0.1, 0.15) is 11.1 Å². The fraction of sp³-hybridized carbons (Fsp3) is 0.263. The molecule has 1 atom stereocenters. The Morgan fingerprint density at radius 3 is 2.21 bits per heavy atom. The van der Waals surface area contributed by atoms with Crippen molar-refractivity contribution < 1.29 is 27.7 Å². The number of nitrogens with one attached hydrogen (secondary N) is 3. The third-order valence-electron chi connectivity index (χ3n) is 3.93. The van der Waals surface area contributed by atoms with E-state index in [4.69, 9.17) is 11.6 Å². The Hall–Kier alpha value is -2.58. The molecule has 150 valence electrons. The van der Waals surface area contributed by atoms with E-state index < -0.39 is 29.0 Å². The number of quaternary nitrogens is 1. The molecule has 0 aromatic heterocycles. The first-order valence-corrected chi connectivity index (χ1v) is 8.77. The van der Waals surface area contributed by atoms with Gasteiger partial charge < -0.3 is 15.5 Å². The van der Waals surface area contributed by atoms with Crippen LogP contribution in [0.3, 0.4) is 0 Å². The minimum absolute atomic E-state index is 0.0582. The SMILES string of the molecule is Cc1cc(C)c(NC(=O)C[NH+](C)CC(=O)Nc2ccc(F)c(F)c2F)c(Cl)c1. The lowest BCUT2D eigenvalue weighted by Gasteiger charge is -2.15. The van der Waals surface area contributed by atoms with Gasteiger partial charge in [-0.15, -0.1) is 0 Å². The fourth-order valence-electron chi connectivity index (χ4n) is 2.69. The number of aryl methyl sites for hydroxylation is 2. The van der Waals surface area contributed by atoms with Gasteiger partial charge in [-0.25, -0.2) is 13.2 Å². The summed E-state index contributed by atoms with van der Waals surface area (Å²) in [6.07, 6.45) is 0. The van der Waals surface area contributed by atoms with Crippen molar-refractivity contribution in [2.75, 3.05) is 30.8 Å². The largest absolute Gasteiger partial charge is 0.322 e. The molecule has 0 aliphatic carbocycles. The molecule has 0 bridgehead atoms. The van der Waals surface area contributed by atoms with Crippen LogP contribution in [0.25, 0.3) is 0 Å². The summed E-state index contributed by atoms with van der Waals surface area (Å²) in [7, 11) is 1.59. The molecule has 0 spiro atoms. The van der Waals surface area contributed by atoms with Crippen molar-refractivity contribution in [3.05, 3.63) is 57.9 Å². The van der Waals surface area contributed by atoms with E-state index in [-0.39, 0.29) is 19.0 Å². The third kappa shape index (κ3) is 5.46. The molecule has 3 N–H and O–H groups in total. The molecule has 28 heavy (non-hydrogen) atoms. The molecule has 2 aromatic carbocycles. The van der Waals surface area contributed by atoms with Crippen molar-refractivity contribution in [3.63, 3.8) is 0 Å². The highest BCUT2D eigenvalue weighted by Gasteiger charge is 2.19. The molecule has 0 saturated carbocycles. The molecule has 0 aliphatic heterocycles. The number of hydrogen-bond donors (Lipinski definition) is 3. The van der Waals surface area contributed by atoms with E-state index in [0.717, 1.165) is 17.2 Å². The zero-order valence-electron chi connectivity index (χ0n) is 15.6. The van der Waals surface area contributed by atoms with Crippen LogP contribution in [0.15, 0.2) is 24.3 Å². The Labute approximate surface area is 165 Å². The van der Waals surface area contributed by atoms with E-state index in [0.29, 0.717) is 21.7 Å². The summed E-state index contributed by atoms with van der Waals surface area (Å²) in [5, 5.41) is 5.28. The first kappa shape index (κ1) is 21.7. The molecule has 0 radical (unpaired) electrons. The van der Waals surface area contributed by atoms with Gasteiger partial charge in [0, 0.05) is 0 Å². The lowest BCUT2D eigenvalue weighted by Crippen LogP contribution is -3.11. The normalized spacial score (nSPS) is 11.8. The topological polar surface area (TPSA) is 62.6 Å². The number of carbonyl (C=O) groups is 2. The molecule has 2 amide bonds. The molecule has 5 nitrogen and oxygen atoms in total. The van der Waals surface area contributed by atoms with Crippen LogP contribution in [-0.4, -0.2) is 32.0 Å². The predicted octanol–water partition coefficient (Wildman–Crippen LogP) is 2.47. The number of rotatable bonds is 6. The van der Waals surface area contributed by atoms with Gasteiger partial charge in [-0.1, -0.05) is 17.7 Å². The van der Waals surface area contributed by atoms with Crippen molar-refractivity contribution in [2.24, 2.45) is 0 Å². The predicted molar refractivity (Wildman–Crippen MR) is 101 cm³/mol. The van der Waals surface area contributed by atoms with Crippen LogP contribution in [0.2, 0.25) is 5.02 Å². The second-order valence-corrected chi connectivity index (χ2v) is 6.98. The zero-order valence-corrected chi connectivity index (χ0v) is 16.3. The van der Waals surface area contributed by atoms with E-state index in [2.05, 4.69) is 10.6 Å². The van der Waals surface area contributed by atoms with Crippen molar-refractivity contribution in [2.45, 2.75) is 13.8 Å². The lowest BCUT2D eigenvalue weighted by molar-refractivity contribution is -0.862. The van der Waals surface area contributed by atoms with Crippen LogP contribution in [0.4, 0.5) is 24.5 Å². The number of anilines is 2. The highest BCUT2D eigenvalue weighted by molar-refractivity contribution is 6.34. The molecule has 0 fully saturated rings. The molecule has 0 heterocycles. The number of carbonyl (C=O) groups excluding carboxylic acids is 2. The molecular weight excluding hydrogens is 395 g/mol. The molecular formula is C19H20ClF3N3O2+. The summed E-state index contributed by atoms with van der Waals surface area (Å²) < 4.78 is 39.7. The van der Waals surface area contributed by atoms with E-state index in [1.165, 1.54) is 0 Å². The van der Waals surface area contributed by atoms with E-state index in [1.54, 1.807) is 13.1 Å². The number of likely N-dealkylation sites (N-methyl/N-ethyl adjacent to an activating group) is 1. The average Bonchev–Trinajstić information content (AvgIpc) is 2.58. The smallest absolute Gasteiger partial charge is 0.279 e. The number of benzene rings is 2. The Morgan fingerprint density at radius 2 is 1.61 bits per heavy atom. The highest BCUT2D eigenvalue weighted by Crippen LogP contribution is 2.27. The van der Waals surface area contributed by atoms with Gasteiger partial charge in [0.15, 0.2) is 30.5 Å². The highest BCUT2D eigenvalue weighted by atomic mass is 35.5. The summed E-state index contributed by atoms with van der Waals surface area (Å²) in [5.41, 5.74) is 1.80. The second-order valence-electron chi connectivity index (χ2n) is 6.57. The fourth-order valence-corrected chi connectivity index (χ4v) is 3.05. The van der Waals surface area contributed by atoms with Crippen molar-refractivity contribution in [3.8, 4) is 0 Å². The standard InChI is InChI=1S/C19H19ClF3N3O2/c1-10-6-11(2)19(12(20)7-10)25-16(28)9-26(3)8-15(27)24-14-5-4-13(21)17(22)18(14)23/h4-7H,8-9H2,1-3H3,(H,24,27)(H,25,28)/p+1. The van der Waals surface area contributed by atoms with Crippen LogP contribution >= 0.6 is 11.6 Å². The Balaban J connectivity index is 1.93. The van der Waals surface area contributed by atoms with Gasteiger partial charge in [-0.3, -0.25) is 9.59 Å². The first-order chi connectivity index (χ1) is 13.1. The number of hydrogen-bond acceptors (Lipinski definition) is 2. The molecule has 0 saturated heterocycles. The van der Waals surface area contributed by atoms with Crippen molar-refractivity contribution in [1.29, 1.82) is 0 Å². The van der Waals surface area contributed by atoms with Crippen LogP contribution in [0.5, 0.6) is 0 Å². The maximum absolute atomic E-state index is 13.6. The number of halogens is 4. The summed E-state index contributed by atoms with van der Waals surface area (Å²) in [5.74, 6) is -5.51. The summed E-state index contributed by atoms with van der Waals surface area (Å²) in [6, 6.07) is 5.24. The van der Waals surface area contributed by atoms with Crippen LogP contribution in [-0.2, 0) is 9.59 Å². The molecule has 1 unspecified atom stereocenters. The van der Waals surface area contributed by atoms with Gasteiger partial charge in [0.2, 0.25) is 0 Å². The molecule has 9 heteroatoms. The molecule has 2 rings (SSSR count). The quantitative estimate of drug-likeness (QED) is 0.636. The monoisotopic (exact) mass is 414 g/mol. The van der Waals surface area contributed by atoms with E-state index >= 15 is 0 Å². The Morgan fingerprint density at radius 1 is 1.00 bits per heavy atom. The average molecular weight is 415 g/mol. The van der Waals surface area contributed by atoms with Crippen LogP contribution in [0, 0.1) is 31.3 Å².